The molecule has 8 nitrogen and oxygen atoms in total. The van der Waals surface area contributed by atoms with Gasteiger partial charge in [-0.15, -0.1) is 0 Å². The van der Waals surface area contributed by atoms with Crippen molar-refractivity contribution in [2.75, 3.05) is 0 Å². The molecule has 0 aliphatic heterocycles. The molecule has 0 bridgehead atoms. The smallest absolute Gasteiger partial charge is 0.270 e. The van der Waals surface area contributed by atoms with Gasteiger partial charge in [-0.05, 0) is 45.0 Å². The highest BCUT2D eigenvalue weighted by molar-refractivity contribution is 6.30. The fourth-order valence-corrected chi connectivity index (χ4v) is 3.33. The van der Waals surface area contributed by atoms with Crippen molar-refractivity contribution in [1.29, 1.82) is 0 Å². The molecule has 0 fully saturated rings. The summed E-state index contributed by atoms with van der Waals surface area (Å²) in [5.74, 6) is 0.0981. The third-order valence-electron chi connectivity index (χ3n) is 4.55. The fourth-order valence-electron chi connectivity index (χ4n) is 3.21. The summed E-state index contributed by atoms with van der Waals surface area (Å²) in [5, 5.41) is 12.2. The zero-order chi connectivity index (χ0) is 20.5. The largest absolute Gasteiger partial charge is 0.346 e. The van der Waals surface area contributed by atoms with Crippen LogP contribution >= 0.6 is 11.6 Å². The third kappa shape index (κ3) is 3.97. The van der Waals surface area contributed by atoms with E-state index in [0.717, 1.165) is 17.0 Å². The number of carbonyl (C=O) groups excluding carboxylic acids is 1. The zero-order valence-corrected chi connectivity index (χ0v) is 17.1. The van der Waals surface area contributed by atoms with Crippen LogP contribution in [0.4, 0.5) is 0 Å². The second-order valence-electron chi connectivity index (χ2n) is 6.99. The van der Waals surface area contributed by atoms with Crippen LogP contribution in [0.3, 0.4) is 0 Å². The molecule has 4 rings (SSSR count). The Labute approximate surface area is 172 Å². The number of nitrogens with zero attached hydrogens (tertiary/aromatic N) is 6. The van der Waals surface area contributed by atoms with Gasteiger partial charge in [0.2, 0.25) is 0 Å². The van der Waals surface area contributed by atoms with Gasteiger partial charge in [-0.1, -0.05) is 23.7 Å². The van der Waals surface area contributed by atoms with E-state index >= 15 is 0 Å². The number of aromatic nitrogens is 6. The fraction of sp³-hybridized carbons (Fsp3) is 0.250. The summed E-state index contributed by atoms with van der Waals surface area (Å²) in [6.45, 7) is 6.45. The molecular weight excluding hydrogens is 390 g/mol. The van der Waals surface area contributed by atoms with Crippen molar-refractivity contribution in [2.24, 2.45) is 0 Å². The highest BCUT2D eigenvalue weighted by atomic mass is 35.5. The average Bonchev–Trinajstić information content (AvgIpc) is 3.27. The minimum atomic E-state index is -0.257. The first-order valence-corrected chi connectivity index (χ1v) is 9.57. The molecule has 148 valence electrons. The molecule has 9 heteroatoms. The Balaban J connectivity index is 1.62. The lowest BCUT2D eigenvalue weighted by atomic mass is 10.1. The molecule has 0 aliphatic carbocycles. The van der Waals surface area contributed by atoms with Crippen molar-refractivity contribution in [2.45, 2.75) is 33.4 Å². The third-order valence-corrected chi connectivity index (χ3v) is 4.80. The van der Waals surface area contributed by atoms with Gasteiger partial charge in [-0.2, -0.15) is 19.7 Å². The lowest BCUT2D eigenvalue weighted by molar-refractivity contribution is 0.0928. The Morgan fingerprint density at radius 1 is 1.21 bits per heavy atom. The van der Waals surface area contributed by atoms with Gasteiger partial charge in [-0.3, -0.25) is 9.48 Å². The molecule has 1 aromatic carbocycles. The summed E-state index contributed by atoms with van der Waals surface area (Å²) in [6, 6.07) is 10.8. The minimum Gasteiger partial charge on any atom is -0.346 e. The number of aryl methyl sites for hydroxylation is 2. The maximum atomic E-state index is 13.0. The van der Waals surface area contributed by atoms with Gasteiger partial charge in [-0.25, -0.2) is 4.98 Å². The number of hydrogen-bond donors (Lipinski definition) is 1. The number of carbonyl (C=O) groups is 1. The summed E-state index contributed by atoms with van der Waals surface area (Å²) in [6.07, 6.45) is 1.38. The molecule has 0 unspecified atom stereocenters. The van der Waals surface area contributed by atoms with Crippen LogP contribution in [-0.4, -0.2) is 41.3 Å². The second kappa shape index (κ2) is 7.63. The number of amides is 1. The molecule has 1 amide bonds. The Kier molecular flexibility index (Phi) is 5.02. The molecule has 0 saturated heterocycles. The van der Waals surface area contributed by atoms with Crippen molar-refractivity contribution < 1.29 is 4.79 Å². The van der Waals surface area contributed by atoms with Crippen LogP contribution < -0.4 is 5.32 Å². The Morgan fingerprint density at radius 2 is 1.97 bits per heavy atom. The summed E-state index contributed by atoms with van der Waals surface area (Å²) in [5.41, 5.74) is 3.82. The van der Waals surface area contributed by atoms with Crippen LogP contribution in [0, 0.1) is 13.8 Å². The molecule has 1 atom stereocenters. The van der Waals surface area contributed by atoms with Crippen molar-refractivity contribution in [3.63, 3.8) is 0 Å². The number of rotatable bonds is 5. The van der Waals surface area contributed by atoms with Crippen molar-refractivity contribution in [3.05, 3.63) is 64.8 Å². The maximum absolute atomic E-state index is 13.0. The quantitative estimate of drug-likeness (QED) is 0.547. The van der Waals surface area contributed by atoms with E-state index in [1.165, 1.54) is 10.8 Å². The molecule has 0 spiro atoms. The second-order valence-corrected chi connectivity index (χ2v) is 7.43. The van der Waals surface area contributed by atoms with E-state index in [-0.39, 0.29) is 11.9 Å². The minimum absolute atomic E-state index is 0.133. The molecule has 0 saturated carbocycles. The van der Waals surface area contributed by atoms with Gasteiger partial charge in [0.05, 0.1) is 17.9 Å². The van der Waals surface area contributed by atoms with E-state index in [4.69, 9.17) is 11.6 Å². The van der Waals surface area contributed by atoms with Gasteiger partial charge < -0.3 is 5.32 Å². The van der Waals surface area contributed by atoms with Gasteiger partial charge in [0.25, 0.3) is 11.7 Å². The standard InChI is InChI=1S/C20H20ClN7O/c1-12-8-14(3)27(26-12)10-13(2)24-19(29)18-9-17(15-4-6-16(21)7-5-15)25-20-22-11-23-28(18)20/h4-9,11,13H,10H2,1-3H3,(H,24,29)/t13-/m0/s1. The van der Waals surface area contributed by atoms with E-state index in [0.29, 0.717) is 28.7 Å². The number of fused-ring (bicyclic) bond motifs is 1. The van der Waals surface area contributed by atoms with Gasteiger partial charge in [0.15, 0.2) is 0 Å². The van der Waals surface area contributed by atoms with Crippen molar-refractivity contribution >= 4 is 23.3 Å². The first-order valence-electron chi connectivity index (χ1n) is 9.19. The summed E-state index contributed by atoms with van der Waals surface area (Å²) >= 11 is 5.98. The normalized spacial score (nSPS) is 12.3. The summed E-state index contributed by atoms with van der Waals surface area (Å²) in [4.78, 5) is 21.6. The molecule has 0 radical (unpaired) electrons. The highest BCUT2D eigenvalue weighted by Crippen LogP contribution is 2.21. The van der Waals surface area contributed by atoms with E-state index in [9.17, 15) is 4.79 Å². The predicted molar refractivity (Wildman–Crippen MR) is 110 cm³/mol. The van der Waals surface area contributed by atoms with Crippen LogP contribution in [0.15, 0.2) is 42.7 Å². The first-order chi connectivity index (χ1) is 13.9. The molecule has 3 heterocycles. The first kappa shape index (κ1) is 19.1. The van der Waals surface area contributed by atoms with E-state index < -0.39 is 0 Å². The van der Waals surface area contributed by atoms with E-state index in [1.54, 1.807) is 18.2 Å². The molecule has 3 aromatic heterocycles. The van der Waals surface area contributed by atoms with Crippen LogP contribution in [0.5, 0.6) is 0 Å². The molecule has 29 heavy (non-hydrogen) atoms. The number of benzene rings is 1. The molecule has 4 aromatic rings. The van der Waals surface area contributed by atoms with Crippen LogP contribution in [-0.2, 0) is 6.54 Å². The van der Waals surface area contributed by atoms with Gasteiger partial charge >= 0.3 is 0 Å². The van der Waals surface area contributed by atoms with Crippen molar-refractivity contribution in [1.82, 2.24) is 34.7 Å². The monoisotopic (exact) mass is 409 g/mol. The SMILES string of the molecule is Cc1cc(C)n(C[C@H](C)NC(=O)c2cc(-c3ccc(Cl)cc3)nc3ncnn23)n1. The van der Waals surface area contributed by atoms with E-state index in [2.05, 4.69) is 25.5 Å². The lowest BCUT2D eigenvalue weighted by Crippen LogP contribution is -2.37. The maximum Gasteiger partial charge on any atom is 0.270 e. The number of halogens is 1. The van der Waals surface area contributed by atoms with Gasteiger partial charge in [0.1, 0.15) is 12.0 Å². The Morgan fingerprint density at radius 3 is 2.66 bits per heavy atom. The topological polar surface area (TPSA) is 90.0 Å². The summed E-state index contributed by atoms with van der Waals surface area (Å²) in [7, 11) is 0. The average molecular weight is 410 g/mol. The van der Waals surface area contributed by atoms with Crippen molar-refractivity contribution in [3.8, 4) is 11.3 Å². The highest BCUT2D eigenvalue weighted by Gasteiger charge is 2.18. The molecular formula is C20H20ClN7O. The number of hydrogen-bond acceptors (Lipinski definition) is 5. The molecule has 1 N–H and O–H groups in total. The zero-order valence-electron chi connectivity index (χ0n) is 16.3. The molecule has 0 aliphatic rings. The van der Waals surface area contributed by atoms with Crippen LogP contribution in [0.2, 0.25) is 5.02 Å². The number of nitrogens with one attached hydrogen (secondary N) is 1. The van der Waals surface area contributed by atoms with Crippen LogP contribution in [0.25, 0.3) is 17.0 Å². The van der Waals surface area contributed by atoms with Gasteiger partial charge in [0, 0.05) is 22.3 Å². The lowest BCUT2D eigenvalue weighted by Gasteiger charge is -2.16. The Bertz CT molecular complexity index is 1180. The predicted octanol–water partition coefficient (Wildman–Crippen LogP) is 3.08. The Hall–Kier alpha value is -3.26. The summed E-state index contributed by atoms with van der Waals surface area (Å²) < 4.78 is 3.32. The van der Waals surface area contributed by atoms with E-state index in [1.807, 2.05) is 43.7 Å². The van der Waals surface area contributed by atoms with Crippen LogP contribution in [0.1, 0.15) is 28.8 Å².